The number of benzene rings is 1. The van der Waals surface area contributed by atoms with Gasteiger partial charge < -0.3 is 14.5 Å². The van der Waals surface area contributed by atoms with Gasteiger partial charge in [0.1, 0.15) is 5.56 Å². The average Bonchev–Trinajstić information content (AvgIpc) is 3.03. The number of ether oxygens (including phenoxy) is 2. The number of carbonyl (C=O) groups is 2. The summed E-state index contributed by atoms with van der Waals surface area (Å²) in [5, 5.41) is 0.799. The molecular weight excluding hydrogens is 296 g/mol. The van der Waals surface area contributed by atoms with E-state index in [1.165, 1.54) is 19.4 Å². The number of esters is 1. The Morgan fingerprint density at radius 2 is 1.96 bits per heavy atom. The molecule has 0 bridgehead atoms. The maximum Gasteiger partial charge on any atom is 0.344 e. The number of methoxy groups -OCH3 is 1. The Kier molecular flexibility index (Phi) is 4.05. The molecule has 1 aromatic carbocycles. The van der Waals surface area contributed by atoms with Crippen LogP contribution >= 0.6 is 0 Å². The van der Waals surface area contributed by atoms with Gasteiger partial charge >= 0.3 is 5.97 Å². The lowest BCUT2D eigenvalue weighted by molar-refractivity contribution is 0.0471. The lowest BCUT2D eigenvalue weighted by atomic mass is 10.1. The second kappa shape index (κ2) is 6.31. The first kappa shape index (κ1) is 14.8. The molecule has 0 spiro atoms. The molecule has 2 heterocycles. The minimum atomic E-state index is -0.650. The molecule has 3 rings (SSSR count). The number of hydrogen-bond donors (Lipinski definition) is 1. The highest BCUT2D eigenvalue weighted by Crippen LogP contribution is 2.19. The van der Waals surface area contributed by atoms with Crippen LogP contribution in [0.2, 0.25) is 0 Å². The molecule has 3 aromatic rings. The first-order valence-corrected chi connectivity index (χ1v) is 6.96. The van der Waals surface area contributed by atoms with Crippen molar-refractivity contribution in [3.63, 3.8) is 0 Å². The Bertz CT molecular complexity index is 870. The predicted octanol–water partition coefficient (Wildman–Crippen LogP) is 2.61. The quantitative estimate of drug-likeness (QED) is 0.578. The van der Waals surface area contributed by atoms with E-state index in [0.717, 1.165) is 10.9 Å². The van der Waals surface area contributed by atoms with Gasteiger partial charge in [0, 0.05) is 28.9 Å². The van der Waals surface area contributed by atoms with Crippen LogP contribution in [0.3, 0.4) is 0 Å². The maximum absolute atomic E-state index is 12.3. The maximum atomic E-state index is 12.3. The van der Waals surface area contributed by atoms with Crippen LogP contribution in [-0.4, -0.2) is 35.4 Å². The Morgan fingerprint density at radius 3 is 2.78 bits per heavy atom. The number of aromatic amines is 1. The fourth-order valence-electron chi connectivity index (χ4n) is 2.30. The Morgan fingerprint density at radius 1 is 1.13 bits per heavy atom. The number of rotatable bonds is 5. The number of para-hydroxylation sites is 1. The van der Waals surface area contributed by atoms with Gasteiger partial charge in [0.15, 0.2) is 6.61 Å². The molecule has 1 N–H and O–H groups in total. The van der Waals surface area contributed by atoms with Gasteiger partial charge in [-0.05, 0) is 18.2 Å². The van der Waals surface area contributed by atoms with E-state index in [-0.39, 0.29) is 23.8 Å². The highest BCUT2D eigenvalue weighted by atomic mass is 16.5. The molecule has 116 valence electrons. The normalized spacial score (nSPS) is 10.5. The van der Waals surface area contributed by atoms with Crippen molar-refractivity contribution < 1.29 is 19.1 Å². The van der Waals surface area contributed by atoms with Crippen LogP contribution in [0, 0.1) is 0 Å². The standard InChI is InChI=1S/C17H14N2O4/c1-22-16-12(6-4-8-18-16)17(21)23-10-15(20)13-9-19-14-7-3-2-5-11(13)14/h2-9,19H,10H2,1H3. The van der Waals surface area contributed by atoms with Crippen molar-refractivity contribution in [2.75, 3.05) is 13.7 Å². The van der Waals surface area contributed by atoms with Crippen LogP contribution in [-0.2, 0) is 4.74 Å². The van der Waals surface area contributed by atoms with Crippen molar-refractivity contribution >= 4 is 22.7 Å². The number of H-pyrrole nitrogens is 1. The van der Waals surface area contributed by atoms with Gasteiger partial charge in [-0.15, -0.1) is 0 Å². The lowest BCUT2D eigenvalue weighted by Gasteiger charge is -2.07. The molecule has 0 aliphatic heterocycles. The third kappa shape index (κ3) is 2.91. The molecule has 6 heteroatoms. The van der Waals surface area contributed by atoms with Crippen molar-refractivity contribution in [2.45, 2.75) is 0 Å². The third-order valence-electron chi connectivity index (χ3n) is 3.41. The van der Waals surface area contributed by atoms with Gasteiger partial charge in [0.25, 0.3) is 0 Å². The van der Waals surface area contributed by atoms with E-state index in [9.17, 15) is 9.59 Å². The summed E-state index contributed by atoms with van der Waals surface area (Å²) in [6, 6.07) is 10.6. The molecule has 0 radical (unpaired) electrons. The highest BCUT2D eigenvalue weighted by Gasteiger charge is 2.18. The number of aromatic nitrogens is 2. The SMILES string of the molecule is COc1ncccc1C(=O)OCC(=O)c1c[nH]c2ccccc12. The molecule has 23 heavy (non-hydrogen) atoms. The molecule has 0 atom stereocenters. The van der Waals surface area contributed by atoms with Crippen molar-refractivity contribution in [1.29, 1.82) is 0 Å². The fourth-order valence-corrected chi connectivity index (χ4v) is 2.30. The van der Waals surface area contributed by atoms with E-state index in [0.29, 0.717) is 5.56 Å². The summed E-state index contributed by atoms with van der Waals surface area (Å²) >= 11 is 0. The second-order valence-corrected chi connectivity index (χ2v) is 4.81. The van der Waals surface area contributed by atoms with Crippen molar-refractivity contribution in [3.8, 4) is 5.88 Å². The zero-order chi connectivity index (χ0) is 16.2. The zero-order valence-corrected chi connectivity index (χ0v) is 12.4. The largest absolute Gasteiger partial charge is 0.480 e. The number of carbonyl (C=O) groups excluding carboxylic acids is 2. The molecule has 0 fully saturated rings. The van der Waals surface area contributed by atoms with Crippen molar-refractivity contribution in [2.24, 2.45) is 0 Å². The highest BCUT2D eigenvalue weighted by molar-refractivity contribution is 6.09. The summed E-state index contributed by atoms with van der Waals surface area (Å²) in [6.45, 7) is -0.348. The van der Waals surface area contributed by atoms with Crippen LogP contribution < -0.4 is 4.74 Å². The van der Waals surface area contributed by atoms with Crippen molar-refractivity contribution in [1.82, 2.24) is 9.97 Å². The predicted molar refractivity (Wildman–Crippen MR) is 83.7 cm³/mol. The average molecular weight is 310 g/mol. The number of pyridine rings is 1. The molecule has 0 aliphatic carbocycles. The first-order chi connectivity index (χ1) is 11.2. The Labute approximate surface area is 132 Å². The van der Waals surface area contributed by atoms with Gasteiger partial charge in [-0.2, -0.15) is 0 Å². The van der Waals surface area contributed by atoms with Gasteiger partial charge in [0.2, 0.25) is 11.7 Å². The van der Waals surface area contributed by atoms with Crippen LogP contribution in [0.4, 0.5) is 0 Å². The smallest absolute Gasteiger partial charge is 0.344 e. The van der Waals surface area contributed by atoms with Gasteiger partial charge in [-0.3, -0.25) is 4.79 Å². The summed E-state index contributed by atoms with van der Waals surface area (Å²) in [5.41, 5.74) is 1.53. The van der Waals surface area contributed by atoms with E-state index in [4.69, 9.17) is 9.47 Å². The number of hydrogen-bond acceptors (Lipinski definition) is 5. The summed E-state index contributed by atoms with van der Waals surface area (Å²) < 4.78 is 10.1. The minimum Gasteiger partial charge on any atom is -0.480 e. The van der Waals surface area contributed by atoms with Crippen molar-refractivity contribution in [3.05, 3.63) is 59.9 Å². The molecular formula is C17H14N2O4. The fraction of sp³-hybridized carbons (Fsp3) is 0.118. The first-order valence-electron chi connectivity index (χ1n) is 6.96. The zero-order valence-electron chi connectivity index (χ0n) is 12.4. The van der Waals surface area contributed by atoms with E-state index in [1.54, 1.807) is 12.3 Å². The molecule has 2 aromatic heterocycles. The summed E-state index contributed by atoms with van der Waals surface area (Å²) in [5.74, 6) is -0.765. The number of nitrogens with zero attached hydrogens (tertiary/aromatic N) is 1. The number of nitrogens with one attached hydrogen (secondary N) is 1. The molecule has 0 unspecified atom stereocenters. The number of fused-ring (bicyclic) bond motifs is 1. The Balaban J connectivity index is 1.73. The Hall–Kier alpha value is -3.15. The summed E-state index contributed by atoms with van der Waals surface area (Å²) in [7, 11) is 1.41. The van der Waals surface area contributed by atoms with Crippen LogP contribution in [0.5, 0.6) is 5.88 Å². The van der Waals surface area contributed by atoms with Gasteiger partial charge in [0.05, 0.1) is 7.11 Å². The molecule has 0 amide bonds. The molecule has 6 nitrogen and oxygen atoms in total. The number of Topliss-reactive ketones (excluding diaryl/α,β-unsaturated/α-hetero) is 1. The van der Waals surface area contributed by atoms with Crippen LogP contribution in [0.25, 0.3) is 10.9 Å². The van der Waals surface area contributed by atoms with Crippen LogP contribution in [0.1, 0.15) is 20.7 Å². The van der Waals surface area contributed by atoms with E-state index in [2.05, 4.69) is 9.97 Å². The summed E-state index contributed by atoms with van der Waals surface area (Å²) in [4.78, 5) is 31.3. The number of ketones is 1. The molecule has 0 saturated heterocycles. The monoisotopic (exact) mass is 310 g/mol. The third-order valence-corrected chi connectivity index (χ3v) is 3.41. The second-order valence-electron chi connectivity index (χ2n) is 4.81. The topological polar surface area (TPSA) is 81.3 Å². The lowest BCUT2D eigenvalue weighted by Crippen LogP contribution is -2.15. The van der Waals surface area contributed by atoms with E-state index >= 15 is 0 Å². The van der Waals surface area contributed by atoms with Crippen LogP contribution in [0.15, 0.2) is 48.8 Å². The van der Waals surface area contributed by atoms with Gasteiger partial charge in [-0.25, -0.2) is 9.78 Å². The van der Waals surface area contributed by atoms with E-state index in [1.807, 2.05) is 24.3 Å². The van der Waals surface area contributed by atoms with Gasteiger partial charge in [-0.1, -0.05) is 18.2 Å². The van der Waals surface area contributed by atoms with E-state index < -0.39 is 5.97 Å². The summed E-state index contributed by atoms with van der Waals surface area (Å²) in [6.07, 6.45) is 3.12. The minimum absolute atomic E-state index is 0.164. The molecule has 0 saturated carbocycles. The molecule has 0 aliphatic rings.